The van der Waals surface area contributed by atoms with Gasteiger partial charge >= 0.3 is 0 Å². The van der Waals surface area contributed by atoms with E-state index in [1.54, 1.807) is 29.0 Å². The fourth-order valence-electron chi connectivity index (χ4n) is 3.44. The van der Waals surface area contributed by atoms with Gasteiger partial charge in [0.2, 0.25) is 5.91 Å². The van der Waals surface area contributed by atoms with Crippen LogP contribution < -0.4 is 5.73 Å². The number of ketones is 1. The van der Waals surface area contributed by atoms with Gasteiger partial charge in [0.25, 0.3) is 11.1 Å². The summed E-state index contributed by atoms with van der Waals surface area (Å²) in [6.07, 6.45) is 3.34. The molecule has 0 radical (unpaired) electrons. The van der Waals surface area contributed by atoms with Crippen molar-refractivity contribution in [3.8, 4) is 0 Å². The standard InChI is InChI=1S/C23H19N3O4S/c1-14-6-8-15(9-7-14)19(27)12-26-22(29)20(31-23(26)30)10-16-11-25(13-21(24)28)18-5-3-2-4-17(16)18/h2-11H,12-13H2,1H3,(H2,24,28)/b20-10-. The van der Waals surface area contributed by atoms with E-state index in [-0.39, 0.29) is 23.8 Å². The van der Waals surface area contributed by atoms with Gasteiger partial charge in [-0.15, -0.1) is 0 Å². The van der Waals surface area contributed by atoms with Crippen molar-refractivity contribution in [2.24, 2.45) is 5.73 Å². The number of benzene rings is 2. The molecule has 3 aromatic rings. The molecule has 0 atom stereocenters. The van der Waals surface area contributed by atoms with Gasteiger partial charge < -0.3 is 10.3 Å². The number of para-hydroxylation sites is 1. The van der Waals surface area contributed by atoms with Crippen molar-refractivity contribution in [2.45, 2.75) is 13.5 Å². The summed E-state index contributed by atoms with van der Waals surface area (Å²) in [6, 6.07) is 14.4. The van der Waals surface area contributed by atoms with Crippen molar-refractivity contribution in [1.29, 1.82) is 0 Å². The van der Waals surface area contributed by atoms with Gasteiger partial charge in [0.05, 0.1) is 11.4 Å². The van der Waals surface area contributed by atoms with E-state index in [1.807, 2.05) is 43.3 Å². The Hall–Kier alpha value is -3.65. The normalized spacial score (nSPS) is 15.3. The zero-order chi connectivity index (χ0) is 22.1. The number of hydrogen-bond acceptors (Lipinski definition) is 5. The molecule has 1 aliphatic rings. The second-order valence-electron chi connectivity index (χ2n) is 7.25. The summed E-state index contributed by atoms with van der Waals surface area (Å²) in [7, 11) is 0. The number of nitrogens with two attached hydrogens (primary N) is 1. The number of thioether (sulfide) groups is 1. The fraction of sp³-hybridized carbons (Fsp3) is 0.130. The van der Waals surface area contributed by atoms with Gasteiger partial charge in [-0.2, -0.15) is 0 Å². The lowest BCUT2D eigenvalue weighted by Crippen LogP contribution is -2.33. The molecule has 2 aromatic carbocycles. The molecule has 3 amide bonds. The Morgan fingerprint density at radius 2 is 1.74 bits per heavy atom. The Bertz CT molecular complexity index is 1260. The predicted octanol–water partition coefficient (Wildman–Crippen LogP) is 3.35. The van der Waals surface area contributed by atoms with Crippen LogP contribution in [-0.2, 0) is 16.1 Å². The van der Waals surface area contributed by atoms with Crippen LogP contribution in [0.1, 0.15) is 21.5 Å². The number of aryl methyl sites for hydroxylation is 1. The zero-order valence-corrected chi connectivity index (χ0v) is 17.5. The Morgan fingerprint density at radius 3 is 2.45 bits per heavy atom. The van der Waals surface area contributed by atoms with E-state index in [4.69, 9.17) is 5.73 Å². The van der Waals surface area contributed by atoms with E-state index in [0.29, 0.717) is 11.1 Å². The summed E-state index contributed by atoms with van der Waals surface area (Å²) < 4.78 is 1.70. The molecular formula is C23H19N3O4S. The SMILES string of the molecule is Cc1ccc(C(=O)CN2C(=O)S/C(=C\c3cn(CC(N)=O)c4ccccc34)C2=O)cc1. The monoisotopic (exact) mass is 433 g/mol. The number of imide groups is 1. The van der Waals surface area contributed by atoms with E-state index in [9.17, 15) is 19.2 Å². The smallest absolute Gasteiger partial charge is 0.293 e. The van der Waals surface area contributed by atoms with Crippen LogP contribution in [0.15, 0.2) is 59.6 Å². The van der Waals surface area contributed by atoms with Crippen LogP contribution in [-0.4, -0.2) is 38.8 Å². The van der Waals surface area contributed by atoms with E-state index >= 15 is 0 Å². The molecule has 2 N–H and O–H groups in total. The highest BCUT2D eigenvalue weighted by molar-refractivity contribution is 8.18. The number of rotatable bonds is 6. The lowest BCUT2D eigenvalue weighted by molar-refractivity contribution is -0.122. The highest BCUT2D eigenvalue weighted by Gasteiger charge is 2.36. The summed E-state index contributed by atoms with van der Waals surface area (Å²) in [6.45, 7) is 1.60. The molecule has 156 valence electrons. The first-order valence-electron chi connectivity index (χ1n) is 9.55. The molecule has 1 saturated heterocycles. The van der Waals surface area contributed by atoms with E-state index in [0.717, 1.165) is 33.1 Å². The van der Waals surface area contributed by atoms with Gasteiger partial charge in [-0.25, -0.2) is 0 Å². The third-order valence-corrected chi connectivity index (χ3v) is 5.89. The predicted molar refractivity (Wildman–Crippen MR) is 119 cm³/mol. The Labute approximate surface area is 182 Å². The summed E-state index contributed by atoms with van der Waals surface area (Å²) in [5.74, 6) is -1.30. The van der Waals surface area contributed by atoms with Gasteiger partial charge in [0.1, 0.15) is 6.54 Å². The van der Waals surface area contributed by atoms with Crippen LogP contribution in [0.4, 0.5) is 4.79 Å². The van der Waals surface area contributed by atoms with Crippen LogP contribution in [0, 0.1) is 6.92 Å². The number of hydrogen-bond donors (Lipinski definition) is 1. The Morgan fingerprint density at radius 1 is 1.03 bits per heavy atom. The quantitative estimate of drug-likeness (QED) is 0.474. The average Bonchev–Trinajstić information content (AvgIpc) is 3.20. The minimum absolute atomic E-state index is 0.000876. The highest BCUT2D eigenvalue weighted by Crippen LogP contribution is 2.34. The van der Waals surface area contributed by atoms with Crippen LogP contribution in [0.2, 0.25) is 0 Å². The van der Waals surface area contributed by atoms with Crippen molar-refractivity contribution in [2.75, 3.05) is 6.54 Å². The van der Waals surface area contributed by atoms with Crippen LogP contribution >= 0.6 is 11.8 Å². The lowest BCUT2D eigenvalue weighted by Gasteiger charge is -2.11. The average molecular weight is 433 g/mol. The first-order chi connectivity index (χ1) is 14.8. The molecule has 2 heterocycles. The third-order valence-electron chi connectivity index (χ3n) is 4.98. The van der Waals surface area contributed by atoms with Crippen molar-refractivity contribution in [1.82, 2.24) is 9.47 Å². The molecule has 1 aliphatic heterocycles. The van der Waals surface area contributed by atoms with Gasteiger partial charge in [-0.3, -0.25) is 24.1 Å². The van der Waals surface area contributed by atoms with Gasteiger partial charge in [-0.05, 0) is 30.8 Å². The summed E-state index contributed by atoms with van der Waals surface area (Å²) >= 11 is 0.793. The molecule has 1 aromatic heterocycles. The molecule has 0 aliphatic carbocycles. The Kier molecular flexibility index (Phi) is 5.48. The van der Waals surface area contributed by atoms with Crippen molar-refractivity contribution in [3.05, 3.63) is 76.3 Å². The van der Waals surface area contributed by atoms with Gasteiger partial charge in [0, 0.05) is 28.2 Å². The van der Waals surface area contributed by atoms with Gasteiger partial charge in [-0.1, -0.05) is 48.0 Å². The van der Waals surface area contributed by atoms with E-state index in [2.05, 4.69) is 0 Å². The number of primary amides is 1. The lowest BCUT2D eigenvalue weighted by atomic mass is 10.1. The van der Waals surface area contributed by atoms with E-state index in [1.165, 1.54) is 0 Å². The molecule has 0 spiro atoms. The number of aromatic nitrogens is 1. The molecule has 8 heteroatoms. The number of carbonyl (C=O) groups excluding carboxylic acids is 4. The highest BCUT2D eigenvalue weighted by atomic mass is 32.2. The molecule has 31 heavy (non-hydrogen) atoms. The minimum atomic E-state index is -0.512. The number of fused-ring (bicyclic) bond motifs is 1. The zero-order valence-electron chi connectivity index (χ0n) is 16.7. The van der Waals surface area contributed by atoms with E-state index < -0.39 is 17.1 Å². The maximum absolute atomic E-state index is 12.8. The largest absolute Gasteiger partial charge is 0.368 e. The molecular weight excluding hydrogens is 414 g/mol. The maximum Gasteiger partial charge on any atom is 0.293 e. The number of amides is 3. The molecule has 1 fully saturated rings. The number of carbonyl (C=O) groups is 4. The van der Waals surface area contributed by atoms with Crippen molar-refractivity contribution < 1.29 is 19.2 Å². The Balaban J connectivity index is 1.61. The van der Waals surface area contributed by atoms with Gasteiger partial charge in [0.15, 0.2) is 5.78 Å². The first-order valence-corrected chi connectivity index (χ1v) is 10.4. The fourth-order valence-corrected chi connectivity index (χ4v) is 4.27. The van der Waals surface area contributed by atoms with Crippen LogP contribution in [0.3, 0.4) is 0 Å². The van der Waals surface area contributed by atoms with Crippen LogP contribution in [0.25, 0.3) is 17.0 Å². The molecule has 0 saturated carbocycles. The molecule has 4 rings (SSSR count). The molecule has 0 unspecified atom stereocenters. The van der Waals surface area contributed by atoms with Crippen molar-refractivity contribution in [3.63, 3.8) is 0 Å². The van der Waals surface area contributed by atoms with Crippen molar-refractivity contribution >= 4 is 51.6 Å². The second kappa shape index (κ2) is 8.23. The summed E-state index contributed by atoms with van der Waals surface area (Å²) in [5, 5.41) is 0.337. The molecule has 7 nitrogen and oxygen atoms in total. The second-order valence-corrected chi connectivity index (χ2v) is 8.25. The third kappa shape index (κ3) is 4.15. The number of nitrogens with zero attached hydrogens (tertiary/aromatic N) is 2. The molecule has 0 bridgehead atoms. The minimum Gasteiger partial charge on any atom is -0.368 e. The maximum atomic E-state index is 12.8. The first kappa shape index (κ1) is 20.6. The summed E-state index contributed by atoms with van der Waals surface area (Å²) in [4.78, 5) is 50.4. The topological polar surface area (TPSA) is 102 Å². The summed E-state index contributed by atoms with van der Waals surface area (Å²) in [5.41, 5.74) is 8.28. The van der Waals surface area contributed by atoms with Crippen LogP contribution in [0.5, 0.6) is 0 Å². The number of Topliss-reactive ketones (excluding diaryl/α,β-unsaturated/α-hetero) is 1.